The van der Waals surface area contributed by atoms with Gasteiger partial charge in [0.25, 0.3) is 0 Å². The van der Waals surface area contributed by atoms with Crippen molar-refractivity contribution in [1.29, 1.82) is 0 Å². The topological polar surface area (TPSA) is 106 Å². The minimum Gasteiger partial charge on any atom is -0.481 e. The van der Waals surface area contributed by atoms with Crippen molar-refractivity contribution in [3.63, 3.8) is 0 Å². The highest BCUT2D eigenvalue weighted by Gasteiger charge is 2.21. The Hall–Kier alpha value is -2.38. The van der Waals surface area contributed by atoms with Gasteiger partial charge in [0.05, 0.1) is 12.0 Å². The lowest BCUT2D eigenvalue weighted by Gasteiger charge is -2.16. The van der Waals surface area contributed by atoms with Crippen molar-refractivity contribution < 1.29 is 14.5 Å². The van der Waals surface area contributed by atoms with Crippen molar-refractivity contribution in [1.82, 2.24) is 10.3 Å². The van der Waals surface area contributed by atoms with Gasteiger partial charge in [-0.2, -0.15) is 4.98 Å². The molecule has 1 heterocycles. The number of rotatable bonds is 7. The number of hydrogen-bond donors (Lipinski definition) is 2. The highest BCUT2D eigenvalue weighted by Crippen LogP contribution is 2.25. The van der Waals surface area contributed by atoms with E-state index in [9.17, 15) is 14.9 Å². The van der Waals surface area contributed by atoms with Crippen LogP contribution in [0, 0.1) is 16.0 Å². The number of nitrogens with zero attached hydrogens (tertiary/aromatic N) is 2. The fourth-order valence-electron chi connectivity index (χ4n) is 1.53. The maximum atomic E-state index is 11.9. The average molecular weight is 296 g/mol. The summed E-state index contributed by atoms with van der Waals surface area (Å²) in [5.74, 6) is 0.317. The molecule has 0 aliphatic rings. The Kier molecular flexibility index (Phi) is 5.89. The summed E-state index contributed by atoms with van der Waals surface area (Å²) >= 11 is 0. The molecule has 116 valence electrons. The van der Waals surface area contributed by atoms with Crippen molar-refractivity contribution in [2.45, 2.75) is 26.8 Å². The van der Waals surface area contributed by atoms with Crippen LogP contribution < -0.4 is 15.4 Å². The number of amides is 1. The standard InChI is InChI=1S/C13H20N4O4/c1-8(2)7-14-13(18)9(3)15-12-10(17(19)20)5-6-11(16-12)21-4/h5-6,8-9H,7H2,1-4H3,(H,14,18)(H,15,16). The van der Waals surface area contributed by atoms with E-state index in [4.69, 9.17) is 4.74 Å². The van der Waals surface area contributed by atoms with Gasteiger partial charge in [-0.1, -0.05) is 13.8 Å². The number of ether oxygens (including phenoxy) is 1. The molecule has 21 heavy (non-hydrogen) atoms. The Labute approximate surface area is 123 Å². The van der Waals surface area contributed by atoms with Crippen LogP contribution in [-0.4, -0.2) is 35.5 Å². The minimum atomic E-state index is -0.651. The number of carbonyl (C=O) groups is 1. The lowest BCUT2D eigenvalue weighted by Crippen LogP contribution is -2.39. The Bertz CT molecular complexity index is 519. The molecule has 1 unspecified atom stereocenters. The van der Waals surface area contributed by atoms with Crippen LogP contribution >= 0.6 is 0 Å². The number of methoxy groups -OCH3 is 1. The Morgan fingerprint density at radius 2 is 2.10 bits per heavy atom. The van der Waals surface area contributed by atoms with E-state index < -0.39 is 11.0 Å². The van der Waals surface area contributed by atoms with E-state index >= 15 is 0 Å². The predicted octanol–water partition coefficient (Wildman–Crippen LogP) is 1.57. The second-order valence-electron chi connectivity index (χ2n) is 4.98. The van der Waals surface area contributed by atoms with Crippen molar-refractivity contribution in [3.05, 3.63) is 22.2 Å². The van der Waals surface area contributed by atoms with E-state index in [-0.39, 0.29) is 23.3 Å². The van der Waals surface area contributed by atoms with Gasteiger partial charge in [-0.3, -0.25) is 14.9 Å². The van der Waals surface area contributed by atoms with Crippen LogP contribution in [0.3, 0.4) is 0 Å². The lowest BCUT2D eigenvalue weighted by molar-refractivity contribution is -0.384. The molecule has 0 spiro atoms. The van der Waals surface area contributed by atoms with Gasteiger partial charge in [0, 0.05) is 18.7 Å². The molecule has 1 aromatic rings. The molecule has 0 radical (unpaired) electrons. The van der Waals surface area contributed by atoms with Gasteiger partial charge in [-0.15, -0.1) is 0 Å². The Morgan fingerprint density at radius 3 is 2.62 bits per heavy atom. The second kappa shape index (κ2) is 7.41. The fourth-order valence-corrected chi connectivity index (χ4v) is 1.53. The highest BCUT2D eigenvalue weighted by molar-refractivity contribution is 5.84. The molecule has 0 fully saturated rings. The number of nitro groups is 1. The zero-order valence-corrected chi connectivity index (χ0v) is 12.5. The van der Waals surface area contributed by atoms with Crippen LogP contribution in [0.2, 0.25) is 0 Å². The molecule has 1 atom stereocenters. The zero-order chi connectivity index (χ0) is 16.0. The van der Waals surface area contributed by atoms with Crippen molar-refractivity contribution in [2.24, 2.45) is 5.92 Å². The SMILES string of the molecule is COc1ccc([N+](=O)[O-])c(NC(C)C(=O)NCC(C)C)n1. The molecule has 1 amide bonds. The zero-order valence-electron chi connectivity index (χ0n) is 12.5. The van der Waals surface area contributed by atoms with E-state index in [1.807, 2.05) is 13.8 Å². The molecule has 8 nitrogen and oxygen atoms in total. The van der Waals surface area contributed by atoms with Gasteiger partial charge < -0.3 is 15.4 Å². The fraction of sp³-hybridized carbons (Fsp3) is 0.538. The molecule has 0 aromatic carbocycles. The van der Waals surface area contributed by atoms with Crippen molar-refractivity contribution >= 4 is 17.4 Å². The largest absolute Gasteiger partial charge is 0.481 e. The maximum Gasteiger partial charge on any atom is 0.311 e. The second-order valence-corrected chi connectivity index (χ2v) is 4.98. The van der Waals surface area contributed by atoms with Crippen LogP contribution in [0.1, 0.15) is 20.8 Å². The van der Waals surface area contributed by atoms with Gasteiger partial charge >= 0.3 is 5.69 Å². The first-order valence-electron chi connectivity index (χ1n) is 6.58. The third-order valence-corrected chi connectivity index (χ3v) is 2.69. The third-order valence-electron chi connectivity index (χ3n) is 2.69. The van der Waals surface area contributed by atoms with Crippen molar-refractivity contribution in [2.75, 3.05) is 19.0 Å². The number of aromatic nitrogens is 1. The number of carbonyl (C=O) groups excluding carboxylic acids is 1. The lowest BCUT2D eigenvalue weighted by atomic mass is 10.2. The van der Waals surface area contributed by atoms with Crippen LogP contribution in [-0.2, 0) is 4.79 Å². The third kappa shape index (κ3) is 4.90. The molecule has 0 saturated heterocycles. The molecular weight excluding hydrogens is 276 g/mol. The first kappa shape index (κ1) is 16.7. The van der Waals surface area contributed by atoms with E-state index in [1.165, 1.54) is 19.2 Å². The van der Waals surface area contributed by atoms with Crippen LogP contribution in [0.25, 0.3) is 0 Å². The summed E-state index contributed by atoms with van der Waals surface area (Å²) in [4.78, 5) is 26.3. The molecule has 8 heteroatoms. The summed E-state index contributed by atoms with van der Waals surface area (Å²) in [5, 5.41) is 16.5. The molecule has 0 saturated carbocycles. The number of hydrogen-bond acceptors (Lipinski definition) is 6. The average Bonchev–Trinajstić information content (AvgIpc) is 2.43. The smallest absolute Gasteiger partial charge is 0.311 e. The van der Waals surface area contributed by atoms with Gasteiger partial charge in [-0.05, 0) is 12.8 Å². The summed E-state index contributed by atoms with van der Waals surface area (Å²) in [6.45, 7) is 6.11. The summed E-state index contributed by atoms with van der Waals surface area (Å²) in [7, 11) is 1.41. The summed E-state index contributed by atoms with van der Waals surface area (Å²) < 4.78 is 4.94. The number of pyridine rings is 1. The molecule has 2 N–H and O–H groups in total. The highest BCUT2D eigenvalue weighted by atomic mass is 16.6. The molecule has 1 aromatic heterocycles. The molecule has 0 bridgehead atoms. The first-order valence-corrected chi connectivity index (χ1v) is 6.58. The summed E-state index contributed by atoms with van der Waals surface area (Å²) in [6.07, 6.45) is 0. The van der Waals surface area contributed by atoms with Gasteiger partial charge in [0.1, 0.15) is 6.04 Å². The molecule has 0 aliphatic heterocycles. The minimum absolute atomic E-state index is 0.00606. The Balaban J connectivity index is 2.85. The monoisotopic (exact) mass is 296 g/mol. The van der Waals surface area contributed by atoms with E-state index in [1.54, 1.807) is 6.92 Å². The normalized spacial score (nSPS) is 11.9. The molecule has 1 rings (SSSR count). The van der Waals surface area contributed by atoms with Crippen LogP contribution in [0.4, 0.5) is 11.5 Å². The predicted molar refractivity (Wildman–Crippen MR) is 78.4 cm³/mol. The maximum absolute atomic E-state index is 11.9. The molecular formula is C13H20N4O4. The van der Waals surface area contributed by atoms with E-state index in [0.717, 1.165) is 0 Å². The van der Waals surface area contributed by atoms with Crippen LogP contribution in [0.5, 0.6) is 5.88 Å². The van der Waals surface area contributed by atoms with Gasteiger partial charge in [-0.25, -0.2) is 0 Å². The molecule has 0 aliphatic carbocycles. The number of anilines is 1. The quantitative estimate of drug-likeness (QED) is 0.584. The van der Waals surface area contributed by atoms with Crippen LogP contribution in [0.15, 0.2) is 12.1 Å². The first-order chi connectivity index (χ1) is 9.85. The number of nitrogens with one attached hydrogen (secondary N) is 2. The van der Waals surface area contributed by atoms with Crippen molar-refractivity contribution in [3.8, 4) is 5.88 Å². The van der Waals surface area contributed by atoms with Gasteiger partial charge in [0.15, 0.2) is 0 Å². The summed E-state index contributed by atoms with van der Waals surface area (Å²) in [5.41, 5.74) is -0.209. The van der Waals surface area contributed by atoms with E-state index in [2.05, 4.69) is 15.6 Å². The van der Waals surface area contributed by atoms with Gasteiger partial charge in [0.2, 0.25) is 17.6 Å². The van der Waals surface area contributed by atoms with E-state index in [0.29, 0.717) is 12.5 Å². The Morgan fingerprint density at radius 1 is 1.43 bits per heavy atom. The summed E-state index contributed by atoms with van der Waals surface area (Å²) in [6, 6.07) is 2.03.